The van der Waals surface area contributed by atoms with Crippen LogP contribution < -0.4 is 0 Å². The first kappa shape index (κ1) is 13.8. The Bertz CT molecular complexity index is 450. The van der Waals surface area contributed by atoms with Gasteiger partial charge in [0.1, 0.15) is 5.82 Å². The van der Waals surface area contributed by atoms with Gasteiger partial charge in [0.15, 0.2) is 0 Å². The molecule has 1 atom stereocenters. The molecule has 2 aromatic rings. The summed E-state index contributed by atoms with van der Waals surface area (Å²) in [7, 11) is 0. The van der Waals surface area contributed by atoms with Gasteiger partial charge in [-0.25, -0.2) is 4.39 Å². The summed E-state index contributed by atoms with van der Waals surface area (Å²) < 4.78 is 12.8. The van der Waals surface area contributed by atoms with Crippen LogP contribution in [0.25, 0.3) is 0 Å². The van der Waals surface area contributed by atoms with Gasteiger partial charge in [0.2, 0.25) is 0 Å². The molecule has 0 aliphatic heterocycles. The van der Waals surface area contributed by atoms with Gasteiger partial charge in [0, 0.05) is 9.70 Å². The van der Waals surface area contributed by atoms with Crippen molar-refractivity contribution in [3.8, 4) is 0 Å². The standard InChI is InChI=1S/C15H16BrFS/c16-13(3-1-4-15-5-2-10-18-15)11-12-6-8-14(17)9-7-12/h2,5-10,13H,1,3-4,11H2. The maximum Gasteiger partial charge on any atom is 0.123 e. The number of rotatable bonds is 6. The molecule has 1 aromatic carbocycles. The van der Waals surface area contributed by atoms with Crippen LogP contribution >= 0.6 is 27.3 Å². The smallest absolute Gasteiger partial charge is 0.123 e. The predicted octanol–water partition coefficient (Wildman–Crippen LogP) is 5.22. The first-order chi connectivity index (χ1) is 8.74. The van der Waals surface area contributed by atoms with Gasteiger partial charge in [-0.05, 0) is 54.8 Å². The third kappa shape index (κ3) is 4.54. The minimum Gasteiger partial charge on any atom is -0.207 e. The van der Waals surface area contributed by atoms with E-state index in [1.54, 1.807) is 0 Å². The highest BCUT2D eigenvalue weighted by Gasteiger charge is 2.06. The maximum atomic E-state index is 12.8. The maximum absolute atomic E-state index is 12.8. The van der Waals surface area contributed by atoms with Gasteiger partial charge >= 0.3 is 0 Å². The molecule has 2 rings (SSSR count). The van der Waals surface area contributed by atoms with Crippen molar-refractivity contribution in [3.05, 3.63) is 58.0 Å². The molecule has 0 saturated heterocycles. The SMILES string of the molecule is Fc1ccc(CC(Br)CCCc2cccs2)cc1. The Hall–Kier alpha value is -0.670. The average Bonchev–Trinajstić information content (AvgIpc) is 2.85. The highest BCUT2D eigenvalue weighted by molar-refractivity contribution is 9.09. The van der Waals surface area contributed by atoms with Crippen LogP contribution in [0.15, 0.2) is 41.8 Å². The molecule has 0 spiro atoms. The Kier molecular flexibility index (Phi) is 5.39. The van der Waals surface area contributed by atoms with E-state index < -0.39 is 0 Å². The van der Waals surface area contributed by atoms with Crippen LogP contribution in [0, 0.1) is 5.82 Å². The van der Waals surface area contributed by atoms with Crippen LogP contribution in [0.3, 0.4) is 0 Å². The van der Waals surface area contributed by atoms with Crippen molar-refractivity contribution in [2.45, 2.75) is 30.5 Å². The van der Waals surface area contributed by atoms with Gasteiger partial charge in [0.05, 0.1) is 0 Å². The van der Waals surface area contributed by atoms with Crippen LogP contribution in [-0.4, -0.2) is 4.83 Å². The van der Waals surface area contributed by atoms with Crippen LogP contribution in [0.2, 0.25) is 0 Å². The summed E-state index contributed by atoms with van der Waals surface area (Å²) in [6.45, 7) is 0. The Labute approximate surface area is 120 Å². The molecule has 3 heteroatoms. The van der Waals surface area contributed by atoms with Gasteiger partial charge in [-0.2, -0.15) is 0 Å². The quantitative estimate of drug-likeness (QED) is 0.639. The Morgan fingerprint density at radius 2 is 1.94 bits per heavy atom. The molecule has 0 N–H and O–H groups in total. The highest BCUT2D eigenvalue weighted by atomic mass is 79.9. The van der Waals surface area contributed by atoms with Gasteiger partial charge in [0.25, 0.3) is 0 Å². The van der Waals surface area contributed by atoms with Crippen molar-refractivity contribution < 1.29 is 4.39 Å². The fraction of sp³-hybridized carbons (Fsp3) is 0.333. The minimum atomic E-state index is -0.164. The molecule has 1 heterocycles. The molecule has 0 aliphatic carbocycles. The summed E-state index contributed by atoms with van der Waals surface area (Å²) >= 11 is 5.53. The second-order valence-corrected chi connectivity index (χ2v) is 6.73. The molecular weight excluding hydrogens is 311 g/mol. The molecule has 0 radical (unpaired) electrons. The van der Waals surface area contributed by atoms with Crippen LogP contribution in [-0.2, 0) is 12.8 Å². The zero-order valence-electron chi connectivity index (χ0n) is 10.1. The molecule has 0 nitrogen and oxygen atoms in total. The summed E-state index contributed by atoms with van der Waals surface area (Å²) in [6, 6.07) is 11.1. The number of aryl methyl sites for hydroxylation is 1. The fourth-order valence-corrected chi connectivity index (χ4v) is 3.38. The molecule has 0 aliphatic rings. The Morgan fingerprint density at radius 3 is 2.61 bits per heavy atom. The van der Waals surface area contributed by atoms with E-state index in [0.717, 1.165) is 19.3 Å². The summed E-state index contributed by atoms with van der Waals surface area (Å²) in [4.78, 5) is 1.93. The first-order valence-corrected chi connectivity index (χ1v) is 7.94. The van der Waals surface area contributed by atoms with E-state index in [1.807, 2.05) is 23.5 Å². The summed E-state index contributed by atoms with van der Waals surface area (Å²) in [5.74, 6) is -0.164. The lowest BCUT2D eigenvalue weighted by Crippen LogP contribution is -2.03. The molecule has 0 bridgehead atoms. The molecule has 18 heavy (non-hydrogen) atoms. The molecule has 0 fully saturated rings. The van der Waals surface area contributed by atoms with E-state index in [0.29, 0.717) is 4.83 Å². The summed E-state index contributed by atoms with van der Waals surface area (Å²) in [5, 5.41) is 2.12. The Morgan fingerprint density at radius 1 is 1.17 bits per heavy atom. The van der Waals surface area contributed by atoms with Crippen molar-refractivity contribution in [1.29, 1.82) is 0 Å². The zero-order valence-corrected chi connectivity index (χ0v) is 12.5. The number of hydrogen-bond acceptors (Lipinski definition) is 1. The van der Waals surface area contributed by atoms with E-state index in [4.69, 9.17) is 0 Å². The van der Waals surface area contributed by atoms with Crippen molar-refractivity contribution in [3.63, 3.8) is 0 Å². The lowest BCUT2D eigenvalue weighted by atomic mass is 10.1. The molecule has 1 unspecified atom stereocenters. The second kappa shape index (κ2) is 7.05. The van der Waals surface area contributed by atoms with Crippen LogP contribution in [0.4, 0.5) is 4.39 Å². The molecule has 0 saturated carbocycles. The number of alkyl halides is 1. The molecule has 96 valence electrons. The fourth-order valence-electron chi connectivity index (χ4n) is 1.93. The summed E-state index contributed by atoms with van der Waals surface area (Å²) in [5.41, 5.74) is 1.19. The van der Waals surface area contributed by atoms with E-state index in [9.17, 15) is 4.39 Å². The van der Waals surface area contributed by atoms with Crippen LogP contribution in [0.1, 0.15) is 23.3 Å². The lowest BCUT2D eigenvalue weighted by molar-refractivity contribution is 0.626. The molecule has 0 amide bonds. The average molecular weight is 327 g/mol. The van der Waals surface area contributed by atoms with E-state index in [1.165, 1.54) is 29.0 Å². The number of benzene rings is 1. The lowest BCUT2D eigenvalue weighted by Gasteiger charge is -2.09. The Balaban J connectivity index is 1.71. The van der Waals surface area contributed by atoms with E-state index >= 15 is 0 Å². The largest absolute Gasteiger partial charge is 0.207 e. The number of thiophene rings is 1. The van der Waals surface area contributed by atoms with Crippen molar-refractivity contribution in [1.82, 2.24) is 0 Å². The van der Waals surface area contributed by atoms with E-state index in [-0.39, 0.29) is 5.82 Å². The van der Waals surface area contributed by atoms with Crippen molar-refractivity contribution >= 4 is 27.3 Å². The number of halogens is 2. The monoisotopic (exact) mass is 326 g/mol. The van der Waals surface area contributed by atoms with Gasteiger partial charge in [-0.15, -0.1) is 11.3 Å². The van der Waals surface area contributed by atoms with Crippen molar-refractivity contribution in [2.24, 2.45) is 0 Å². The summed E-state index contributed by atoms with van der Waals surface area (Å²) in [6.07, 6.45) is 4.46. The predicted molar refractivity (Wildman–Crippen MR) is 80.1 cm³/mol. The van der Waals surface area contributed by atoms with Crippen molar-refractivity contribution in [2.75, 3.05) is 0 Å². The van der Waals surface area contributed by atoms with Crippen LogP contribution in [0.5, 0.6) is 0 Å². The van der Waals surface area contributed by atoms with Gasteiger partial charge in [-0.3, -0.25) is 0 Å². The topological polar surface area (TPSA) is 0 Å². The first-order valence-electron chi connectivity index (χ1n) is 6.15. The second-order valence-electron chi connectivity index (χ2n) is 4.40. The third-order valence-corrected chi connectivity index (χ3v) is 4.61. The zero-order chi connectivity index (χ0) is 12.8. The highest BCUT2D eigenvalue weighted by Crippen LogP contribution is 2.18. The van der Waals surface area contributed by atoms with Gasteiger partial charge in [-0.1, -0.05) is 34.1 Å². The minimum absolute atomic E-state index is 0.164. The third-order valence-electron chi connectivity index (χ3n) is 2.89. The van der Waals surface area contributed by atoms with Gasteiger partial charge < -0.3 is 0 Å². The van der Waals surface area contributed by atoms with E-state index in [2.05, 4.69) is 33.4 Å². The number of hydrogen-bond donors (Lipinski definition) is 0. The molecule has 1 aromatic heterocycles. The normalized spacial score (nSPS) is 12.6. The molecular formula is C15H16BrFS.